The van der Waals surface area contributed by atoms with Crippen molar-refractivity contribution in [3.8, 4) is 5.69 Å². The number of hydrogen-bond donors (Lipinski definition) is 2. The number of aromatic nitrogens is 5. The summed E-state index contributed by atoms with van der Waals surface area (Å²) in [5, 5.41) is 12.7. The molecule has 0 amide bonds. The van der Waals surface area contributed by atoms with Crippen molar-refractivity contribution in [1.82, 2.24) is 30.0 Å². The molecule has 0 radical (unpaired) electrons. The third-order valence-corrected chi connectivity index (χ3v) is 4.05. The fourth-order valence-electron chi connectivity index (χ4n) is 2.89. The lowest BCUT2D eigenvalue weighted by molar-refractivity contribution is -0.141. The SMILES string of the molecule is CN/C=C\Nc1ncc2c(n1)N(CCC(F)(F)F)[C@@H](CC(F)(F)F)c1nncn1-2. The molecule has 1 atom stereocenters. The average molecular weight is 422 g/mol. The molecule has 0 saturated heterocycles. The van der Waals surface area contributed by atoms with Crippen LogP contribution in [0.3, 0.4) is 0 Å². The van der Waals surface area contributed by atoms with Gasteiger partial charge in [0.25, 0.3) is 0 Å². The highest BCUT2D eigenvalue weighted by atomic mass is 19.4. The van der Waals surface area contributed by atoms with E-state index in [2.05, 4.69) is 30.8 Å². The van der Waals surface area contributed by atoms with Crippen LogP contribution < -0.4 is 15.5 Å². The highest BCUT2D eigenvalue weighted by molar-refractivity contribution is 5.63. The Labute approximate surface area is 160 Å². The molecule has 2 aromatic rings. The maximum Gasteiger partial charge on any atom is 0.391 e. The van der Waals surface area contributed by atoms with Gasteiger partial charge in [-0.05, 0) is 0 Å². The summed E-state index contributed by atoms with van der Waals surface area (Å²) in [6.07, 6.45) is -6.52. The van der Waals surface area contributed by atoms with Gasteiger partial charge in [0, 0.05) is 26.0 Å². The summed E-state index contributed by atoms with van der Waals surface area (Å²) in [7, 11) is 1.64. The van der Waals surface area contributed by atoms with E-state index in [9.17, 15) is 26.3 Å². The van der Waals surface area contributed by atoms with Crippen molar-refractivity contribution in [2.75, 3.05) is 23.8 Å². The predicted octanol–water partition coefficient (Wildman–Crippen LogP) is 2.93. The van der Waals surface area contributed by atoms with E-state index in [1.165, 1.54) is 29.5 Å². The Morgan fingerprint density at radius 2 is 1.90 bits per heavy atom. The molecule has 0 spiro atoms. The monoisotopic (exact) mass is 422 g/mol. The second-order valence-electron chi connectivity index (χ2n) is 6.12. The van der Waals surface area contributed by atoms with Crippen LogP contribution >= 0.6 is 0 Å². The molecule has 0 bridgehead atoms. The number of hydrogen-bond acceptors (Lipinski definition) is 7. The Bertz CT molecular complexity index is 874. The van der Waals surface area contributed by atoms with Crippen molar-refractivity contribution in [3.63, 3.8) is 0 Å². The summed E-state index contributed by atoms with van der Waals surface area (Å²) in [4.78, 5) is 9.13. The molecule has 0 unspecified atom stereocenters. The first-order valence-electron chi connectivity index (χ1n) is 8.35. The van der Waals surface area contributed by atoms with Gasteiger partial charge in [0.05, 0.1) is 25.1 Å². The van der Waals surface area contributed by atoms with Gasteiger partial charge in [0.1, 0.15) is 12.0 Å². The number of alkyl halides is 6. The number of nitrogens with zero attached hydrogens (tertiary/aromatic N) is 6. The number of anilines is 2. The molecule has 1 aliphatic rings. The van der Waals surface area contributed by atoms with Gasteiger partial charge in [-0.1, -0.05) is 0 Å². The predicted molar refractivity (Wildman–Crippen MR) is 90.2 cm³/mol. The van der Waals surface area contributed by atoms with E-state index in [1.807, 2.05) is 0 Å². The molecule has 0 saturated carbocycles. The Morgan fingerprint density at radius 1 is 1.14 bits per heavy atom. The zero-order valence-electron chi connectivity index (χ0n) is 15.0. The van der Waals surface area contributed by atoms with Crippen LogP contribution in [0.25, 0.3) is 5.69 Å². The van der Waals surface area contributed by atoms with Crippen molar-refractivity contribution >= 4 is 11.8 Å². The van der Waals surface area contributed by atoms with Gasteiger partial charge in [-0.25, -0.2) is 4.98 Å². The summed E-state index contributed by atoms with van der Waals surface area (Å²) < 4.78 is 79.3. The Morgan fingerprint density at radius 3 is 2.55 bits per heavy atom. The van der Waals surface area contributed by atoms with Gasteiger partial charge < -0.3 is 15.5 Å². The van der Waals surface area contributed by atoms with E-state index in [0.29, 0.717) is 0 Å². The minimum absolute atomic E-state index is 0.00884. The highest BCUT2D eigenvalue weighted by Crippen LogP contribution is 2.42. The van der Waals surface area contributed by atoms with Crippen LogP contribution in [0.2, 0.25) is 0 Å². The first kappa shape index (κ1) is 20.7. The van der Waals surface area contributed by atoms with Gasteiger partial charge >= 0.3 is 12.4 Å². The molecule has 0 aliphatic carbocycles. The van der Waals surface area contributed by atoms with Crippen LogP contribution in [0.5, 0.6) is 0 Å². The molecule has 14 heteroatoms. The van der Waals surface area contributed by atoms with Crippen LogP contribution in [-0.2, 0) is 0 Å². The molecule has 2 aromatic heterocycles. The number of nitrogens with one attached hydrogen (secondary N) is 2. The molecule has 3 rings (SSSR count). The van der Waals surface area contributed by atoms with Crippen molar-refractivity contribution in [2.45, 2.75) is 31.2 Å². The quantitative estimate of drug-likeness (QED) is 0.693. The van der Waals surface area contributed by atoms with Crippen LogP contribution in [0.4, 0.5) is 38.1 Å². The maximum absolute atomic E-state index is 13.2. The van der Waals surface area contributed by atoms with Gasteiger partial charge in [0.15, 0.2) is 11.6 Å². The molecule has 8 nitrogen and oxygen atoms in total. The topological polar surface area (TPSA) is 83.8 Å². The maximum atomic E-state index is 13.2. The molecule has 158 valence electrons. The fraction of sp³-hybridized carbons (Fsp3) is 0.467. The number of halogens is 6. The zero-order chi connectivity index (χ0) is 21.2. The van der Waals surface area contributed by atoms with Crippen LogP contribution in [0.1, 0.15) is 24.7 Å². The van der Waals surface area contributed by atoms with E-state index in [4.69, 9.17) is 0 Å². The van der Waals surface area contributed by atoms with Crippen LogP contribution in [0.15, 0.2) is 24.9 Å². The minimum atomic E-state index is -4.64. The van der Waals surface area contributed by atoms with E-state index in [0.717, 1.165) is 4.90 Å². The lowest BCUT2D eigenvalue weighted by atomic mass is 10.1. The van der Waals surface area contributed by atoms with E-state index < -0.39 is 37.8 Å². The molecule has 1 aliphatic heterocycles. The molecule has 0 aromatic carbocycles. The summed E-state index contributed by atoms with van der Waals surface area (Å²) in [5.74, 6) is -0.197. The molecule has 29 heavy (non-hydrogen) atoms. The van der Waals surface area contributed by atoms with Crippen molar-refractivity contribution < 1.29 is 26.3 Å². The number of rotatable bonds is 6. The number of fused-ring (bicyclic) bond motifs is 3. The first-order chi connectivity index (χ1) is 13.6. The van der Waals surface area contributed by atoms with E-state index in [1.54, 1.807) is 7.05 Å². The van der Waals surface area contributed by atoms with Crippen molar-refractivity contribution in [3.05, 3.63) is 30.7 Å². The Balaban J connectivity index is 2.05. The normalized spacial score (nSPS) is 16.7. The van der Waals surface area contributed by atoms with Crippen LogP contribution in [-0.4, -0.2) is 50.7 Å². The third kappa shape index (κ3) is 4.86. The zero-order valence-corrected chi connectivity index (χ0v) is 15.0. The Hall–Kier alpha value is -3.06. The summed E-state index contributed by atoms with van der Waals surface area (Å²) >= 11 is 0. The largest absolute Gasteiger partial charge is 0.393 e. The fourth-order valence-corrected chi connectivity index (χ4v) is 2.89. The van der Waals surface area contributed by atoms with Gasteiger partial charge in [-0.3, -0.25) is 4.57 Å². The molecule has 3 heterocycles. The Kier molecular flexibility index (Phi) is 5.53. The molecule has 2 N–H and O–H groups in total. The standard InChI is InChI=1S/C15H16F6N8/c1-22-3-4-23-13-24-7-10-11(26-13)28(5-2-14(16,17)18)9(6-15(19,20)21)12-27-25-8-29(10)12/h3-4,7-9,22H,2,5-6H2,1H3,(H,23,24,26)/b4-3-/t9-/m0/s1. The summed E-state index contributed by atoms with van der Waals surface area (Å²) in [5.41, 5.74) is 0.189. The molecular formula is C15H16F6N8. The van der Waals surface area contributed by atoms with E-state index >= 15 is 0 Å². The average Bonchev–Trinajstić information content (AvgIpc) is 3.09. The lowest BCUT2D eigenvalue weighted by Crippen LogP contribution is -2.40. The second-order valence-corrected chi connectivity index (χ2v) is 6.12. The smallest absolute Gasteiger partial charge is 0.391 e. The van der Waals surface area contributed by atoms with E-state index in [-0.39, 0.29) is 23.3 Å². The van der Waals surface area contributed by atoms with Crippen LogP contribution in [0, 0.1) is 0 Å². The van der Waals surface area contributed by atoms with Crippen molar-refractivity contribution in [1.29, 1.82) is 0 Å². The highest BCUT2D eigenvalue weighted by Gasteiger charge is 2.43. The van der Waals surface area contributed by atoms with Gasteiger partial charge in [-0.15, -0.1) is 10.2 Å². The summed E-state index contributed by atoms with van der Waals surface area (Å²) in [6, 6.07) is -1.51. The third-order valence-electron chi connectivity index (χ3n) is 4.05. The summed E-state index contributed by atoms with van der Waals surface area (Å²) in [6.45, 7) is -0.729. The van der Waals surface area contributed by atoms with Gasteiger partial charge in [0.2, 0.25) is 5.95 Å². The lowest BCUT2D eigenvalue weighted by Gasteiger charge is -2.37. The van der Waals surface area contributed by atoms with Crippen molar-refractivity contribution in [2.24, 2.45) is 0 Å². The molecule has 0 fully saturated rings. The van der Waals surface area contributed by atoms with Gasteiger partial charge in [-0.2, -0.15) is 31.3 Å². The minimum Gasteiger partial charge on any atom is -0.393 e. The second kappa shape index (κ2) is 7.75. The molecular weight excluding hydrogens is 406 g/mol. The first-order valence-corrected chi connectivity index (χ1v) is 8.35.